The molecule has 0 saturated heterocycles. The van der Waals surface area contributed by atoms with Gasteiger partial charge in [0.05, 0.1) is 30.3 Å². The first-order chi connectivity index (χ1) is 11.7. The minimum Gasteiger partial charge on any atom is -0.497 e. The fraction of sp³-hybridized carbons (Fsp3) is 0.111. The maximum Gasteiger partial charge on any atom is 0.261 e. The Bertz CT molecular complexity index is 1020. The van der Waals surface area contributed by atoms with E-state index in [-0.39, 0.29) is 5.91 Å². The van der Waals surface area contributed by atoms with Gasteiger partial charge in [0.15, 0.2) is 0 Å². The summed E-state index contributed by atoms with van der Waals surface area (Å²) in [5, 5.41) is 4.79. The molecule has 1 N–H and O–H groups in total. The largest absolute Gasteiger partial charge is 0.497 e. The van der Waals surface area contributed by atoms with Crippen molar-refractivity contribution in [1.29, 1.82) is 0 Å². The summed E-state index contributed by atoms with van der Waals surface area (Å²) in [6.45, 7) is 0.368. The van der Waals surface area contributed by atoms with Gasteiger partial charge < -0.3 is 14.5 Å². The quantitative estimate of drug-likeness (QED) is 0.611. The summed E-state index contributed by atoms with van der Waals surface area (Å²) in [4.78, 5) is 18.4. The molecule has 4 aromatic rings. The van der Waals surface area contributed by atoms with Crippen LogP contribution in [0.15, 0.2) is 53.1 Å². The lowest BCUT2D eigenvalue weighted by Gasteiger charge is -2.01. The third-order valence-electron chi connectivity index (χ3n) is 3.73. The van der Waals surface area contributed by atoms with Crippen molar-refractivity contribution >= 4 is 38.4 Å². The van der Waals surface area contributed by atoms with E-state index >= 15 is 0 Å². The van der Waals surface area contributed by atoms with Gasteiger partial charge in [-0.25, -0.2) is 4.98 Å². The number of hydrogen-bond donors (Lipinski definition) is 1. The van der Waals surface area contributed by atoms with Crippen LogP contribution in [0.3, 0.4) is 0 Å². The van der Waals surface area contributed by atoms with E-state index in [1.165, 1.54) is 11.3 Å². The highest BCUT2D eigenvalue weighted by Crippen LogP contribution is 2.29. The predicted molar refractivity (Wildman–Crippen MR) is 93.6 cm³/mol. The molecule has 0 saturated carbocycles. The number of thiophene rings is 1. The third-order valence-corrected chi connectivity index (χ3v) is 4.78. The van der Waals surface area contributed by atoms with Gasteiger partial charge in [0.1, 0.15) is 16.3 Å². The molecule has 0 spiro atoms. The minimum absolute atomic E-state index is 0.129. The average Bonchev–Trinajstić information content (AvgIpc) is 3.26. The fourth-order valence-corrected chi connectivity index (χ4v) is 3.46. The molecule has 0 radical (unpaired) electrons. The van der Waals surface area contributed by atoms with Gasteiger partial charge in [-0.3, -0.25) is 4.79 Å². The summed E-state index contributed by atoms with van der Waals surface area (Å²) >= 11 is 1.38. The molecular weight excluding hydrogens is 324 g/mol. The van der Waals surface area contributed by atoms with E-state index in [2.05, 4.69) is 10.3 Å². The molecule has 0 unspecified atom stereocenters. The Morgan fingerprint density at radius 2 is 2.17 bits per heavy atom. The number of rotatable bonds is 4. The van der Waals surface area contributed by atoms with Gasteiger partial charge in [-0.05, 0) is 42.5 Å². The minimum atomic E-state index is -0.129. The van der Waals surface area contributed by atoms with E-state index in [9.17, 15) is 4.79 Å². The van der Waals surface area contributed by atoms with Crippen molar-refractivity contribution in [3.8, 4) is 5.75 Å². The van der Waals surface area contributed by atoms with Crippen LogP contribution in [0.25, 0.3) is 21.1 Å². The molecule has 0 aliphatic rings. The number of benzene rings is 1. The average molecular weight is 338 g/mol. The second kappa shape index (κ2) is 5.98. The van der Waals surface area contributed by atoms with Gasteiger partial charge in [-0.15, -0.1) is 11.3 Å². The highest BCUT2D eigenvalue weighted by Gasteiger charge is 2.12. The van der Waals surface area contributed by atoms with Gasteiger partial charge >= 0.3 is 0 Å². The normalized spacial score (nSPS) is 11.0. The summed E-state index contributed by atoms with van der Waals surface area (Å²) in [7, 11) is 1.64. The molecule has 3 heterocycles. The number of nitrogens with one attached hydrogen (secondary N) is 1. The number of hydrogen-bond acceptors (Lipinski definition) is 5. The number of amides is 1. The van der Waals surface area contributed by atoms with Crippen molar-refractivity contribution in [1.82, 2.24) is 10.3 Å². The van der Waals surface area contributed by atoms with Crippen LogP contribution < -0.4 is 10.1 Å². The molecule has 1 aromatic carbocycles. The third kappa shape index (κ3) is 2.72. The number of carbonyl (C=O) groups excluding carboxylic acids is 1. The number of aromatic nitrogens is 1. The summed E-state index contributed by atoms with van der Waals surface area (Å²) in [5.74, 6) is 1.38. The van der Waals surface area contributed by atoms with E-state index in [0.717, 1.165) is 32.6 Å². The molecule has 24 heavy (non-hydrogen) atoms. The summed E-state index contributed by atoms with van der Waals surface area (Å²) in [6.07, 6.45) is 1.59. The first-order valence-electron chi connectivity index (χ1n) is 7.42. The van der Waals surface area contributed by atoms with Crippen LogP contribution in [0, 0.1) is 0 Å². The van der Waals surface area contributed by atoms with Gasteiger partial charge in [-0.1, -0.05) is 0 Å². The zero-order valence-electron chi connectivity index (χ0n) is 12.9. The van der Waals surface area contributed by atoms with Crippen LogP contribution in [0.2, 0.25) is 0 Å². The zero-order chi connectivity index (χ0) is 16.5. The van der Waals surface area contributed by atoms with Gasteiger partial charge in [0.2, 0.25) is 0 Å². The van der Waals surface area contributed by atoms with Crippen LogP contribution in [0.1, 0.15) is 15.4 Å². The molecule has 0 atom stereocenters. The molecular formula is C18H14N2O3S. The van der Waals surface area contributed by atoms with Crippen molar-refractivity contribution in [2.75, 3.05) is 7.11 Å². The molecule has 120 valence electrons. The maximum atomic E-state index is 12.3. The number of furan rings is 1. The zero-order valence-corrected chi connectivity index (χ0v) is 13.7. The van der Waals surface area contributed by atoms with Crippen LogP contribution in [0.5, 0.6) is 5.75 Å². The lowest BCUT2D eigenvalue weighted by Crippen LogP contribution is -2.21. The van der Waals surface area contributed by atoms with E-state index in [4.69, 9.17) is 9.15 Å². The molecule has 3 aromatic heterocycles. The lowest BCUT2D eigenvalue weighted by molar-refractivity contribution is 0.0952. The molecule has 1 amide bonds. The first-order valence-corrected chi connectivity index (χ1v) is 8.23. The Morgan fingerprint density at radius 3 is 2.96 bits per heavy atom. The van der Waals surface area contributed by atoms with Gasteiger partial charge in [0.25, 0.3) is 5.91 Å². The Labute approximate surface area is 141 Å². The van der Waals surface area contributed by atoms with E-state index in [1.54, 1.807) is 19.4 Å². The highest BCUT2D eigenvalue weighted by atomic mass is 32.1. The maximum absolute atomic E-state index is 12.3. The molecule has 4 rings (SSSR count). The van der Waals surface area contributed by atoms with Crippen LogP contribution in [0.4, 0.5) is 0 Å². The standard InChI is InChI=1S/C18H14N2O3S/c1-22-13-4-5-15-11(8-13)7-12-9-16(24-18(12)20-15)17(21)19-10-14-3-2-6-23-14/h2-9H,10H2,1H3,(H,19,21). The van der Waals surface area contributed by atoms with Crippen molar-refractivity contribution in [3.63, 3.8) is 0 Å². The first kappa shape index (κ1) is 14.7. The molecule has 5 nitrogen and oxygen atoms in total. The molecule has 0 aliphatic heterocycles. The topological polar surface area (TPSA) is 64.4 Å². The predicted octanol–water partition coefficient (Wildman–Crippen LogP) is 3.98. The SMILES string of the molecule is COc1ccc2nc3sc(C(=O)NCc4ccco4)cc3cc2c1. The lowest BCUT2D eigenvalue weighted by atomic mass is 10.2. The monoisotopic (exact) mass is 338 g/mol. The van der Waals surface area contributed by atoms with Gasteiger partial charge in [-0.2, -0.15) is 0 Å². The smallest absolute Gasteiger partial charge is 0.261 e. The van der Waals surface area contributed by atoms with Crippen molar-refractivity contribution in [3.05, 3.63) is 59.4 Å². The number of ether oxygens (including phenoxy) is 1. The van der Waals surface area contributed by atoms with Crippen LogP contribution in [-0.4, -0.2) is 18.0 Å². The molecule has 0 fully saturated rings. The Balaban J connectivity index is 1.64. The van der Waals surface area contributed by atoms with Crippen molar-refractivity contribution in [2.45, 2.75) is 6.54 Å². The number of fused-ring (bicyclic) bond motifs is 2. The Hall–Kier alpha value is -2.86. The Kier molecular flexibility index (Phi) is 3.66. The summed E-state index contributed by atoms with van der Waals surface area (Å²) < 4.78 is 10.5. The second-order valence-electron chi connectivity index (χ2n) is 5.31. The van der Waals surface area contributed by atoms with E-state index in [1.807, 2.05) is 36.4 Å². The second-order valence-corrected chi connectivity index (χ2v) is 6.34. The van der Waals surface area contributed by atoms with Crippen LogP contribution >= 0.6 is 11.3 Å². The van der Waals surface area contributed by atoms with Crippen molar-refractivity contribution < 1.29 is 13.9 Å². The van der Waals surface area contributed by atoms with E-state index < -0.39 is 0 Å². The molecule has 0 bridgehead atoms. The number of pyridine rings is 1. The molecule has 6 heteroatoms. The summed E-state index contributed by atoms with van der Waals surface area (Å²) in [5.41, 5.74) is 0.882. The summed E-state index contributed by atoms with van der Waals surface area (Å²) in [6, 6.07) is 13.3. The highest BCUT2D eigenvalue weighted by molar-refractivity contribution is 7.20. The number of carbonyl (C=O) groups is 1. The van der Waals surface area contributed by atoms with Crippen LogP contribution in [-0.2, 0) is 6.54 Å². The number of nitrogens with zero attached hydrogens (tertiary/aromatic N) is 1. The number of methoxy groups -OCH3 is 1. The Morgan fingerprint density at radius 1 is 1.25 bits per heavy atom. The molecule has 0 aliphatic carbocycles. The van der Waals surface area contributed by atoms with Gasteiger partial charge in [0, 0.05) is 10.8 Å². The fourth-order valence-electron chi connectivity index (χ4n) is 2.52. The van der Waals surface area contributed by atoms with Crippen molar-refractivity contribution in [2.24, 2.45) is 0 Å². The van der Waals surface area contributed by atoms with E-state index in [0.29, 0.717) is 11.4 Å².